The third-order valence-electron chi connectivity index (χ3n) is 18.7. The summed E-state index contributed by atoms with van der Waals surface area (Å²) in [5.74, 6) is 0.678. The minimum absolute atomic E-state index is 0.0795. The molecule has 388 valence electrons. The van der Waals surface area contributed by atoms with Gasteiger partial charge in [-0.25, -0.2) is 0 Å². The van der Waals surface area contributed by atoms with E-state index in [0.717, 1.165) is 25.7 Å². The third-order valence-corrected chi connectivity index (χ3v) is 18.7. The van der Waals surface area contributed by atoms with Crippen molar-refractivity contribution in [1.29, 1.82) is 0 Å². The molecular weight excluding hydrogens is 881 g/mol. The summed E-state index contributed by atoms with van der Waals surface area (Å²) in [5, 5.41) is 141. The van der Waals surface area contributed by atoms with Gasteiger partial charge in [-0.1, -0.05) is 53.2 Å². The standard InChI is InChI=1S/C48H82O19/c1-21(22-15-16-46(6)28-12-10-23-24(11-13-29(51)44(23,2)3)48(28,8)30(52)17-47(22,46)7)9-14-31(45(4,5)61)66-43-40(67-42-39(60)36(57)33(54)26(19-50)64-42)37(58)34(55)27(65-43)20-62-41-38(59)35(56)32(53)25(18-49)63-41/h10,21-22,24-43,49-61H,9,11-20H2,1-8H3/t21-,22-,24-,25-,26-,27-,28+,29+,30-,31-,32-,33-,34-,35+,36+,37+,38-,39-,40-,41?,42+,43+,46+,47-,48+/m1/s1. The lowest BCUT2D eigenvalue weighted by molar-refractivity contribution is -0.380. The van der Waals surface area contributed by atoms with E-state index in [-0.39, 0.29) is 51.8 Å². The van der Waals surface area contributed by atoms with Crippen molar-refractivity contribution in [1.82, 2.24) is 0 Å². The van der Waals surface area contributed by atoms with Gasteiger partial charge in [-0.05, 0) is 99.7 Å². The Bertz CT molecular complexity index is 1710. The molecule has 3 aliphatic heterocycles. The summed E-state index contributed by atoms with van der Waals surface area (Å²) in [5.41, 5.74) is -1.32. The lowest BCUT2D eigenvalue weighted by Crippen LogP contribution is -2.65. The lowest BCUT2D eigenvalue weighted by atomic mass is 9.38. The number of hydrogen-bond donors (Lipinski definition) is 13. The summed E-state index contributed by atoms with van der Waals surface area (Å²) in [6.45, 7) is 14.4. The first kappa shape index (κ1) is 53.8. The molecule has 19 nitrogen and oxygen atoms in total. The summed E-state index contributed by atoms with van der Waals surface area (Å²) < 4.78 is 35.5. The van der Waals surface area contributed by atoms with Gasteiger partial charge in [-0.15, -0.1) is 0 Å². The highest BCUT2D eigenvalue weighted by atomic mass is 16.8. The van der Waals surface area contributed by atoms with Gasteiger partial charge in [0.2, 0.25) is 0 Å². The number of aliphatic hydroxyl groups is 13. The maximum atomic E-state index is 12.4. The zero-order chi connectivity index (χ0) is 49.5. The molecule has 4 aliphatic carbocycles. The molecule has 67 heavy (non-hydrogen) atoms. The van der Waals surface area contributed by atoms with Gasteiger partial charge in [0.05, 0.1) is 43.7 Å². The van der Waals surface area contributed by atoms with Crippen LogP contribution in [0.4, 0.5) is 0 Å². The van der Waals surface area contributed by atoms with Crippen LogP contribution in [0.25, 0.3) is 0 Å². The van der Waals surface area contributed by atoms with E-state index < -0.39 is 136 Å². The van der Waals surface area contributed by atoms with Crippen LogP contribution < -0.4 is 0 Å². The molecule has 3 heterocycles. The molecule has 3 saturated heterocycles. The van der Waals surface area contributed by atoms with Crippen LogP contribution >= 0.6 is 0 Å². The van der Waals surface area contributed by atoms with Crippen LogP contribution in [-0.4, -0.2) is 202 Å². The van der Waals surface area contributed by atoms with Crippen molar-refractivity contribution in [2.75, 3.05) is 19.8 Å². The zero-order valence-electron chi connectivity index (χ0n) is 40.3. The second-order valence-electron chi connectivity index (χ2n) is 23.1. The van der Waals surface area contributed by atoms with E-state index in [2.05, 4.69) is 47.6 Å². The molecule has 7 aliphatic rings. The highest BCUT2D eigenvalue weighted by Crippen LogP contribution is 2.75. The minimum atomic E-state index is -1.90. The van der Waals surface area contributed by atoms with Crippen molar-refractivity contribution in [3.05, 3.63) is 11.6 Å². The van der Waals surface area contributed by atoms with Crippen LogP contribution in [0.2, 0.25) is 0 Å². The highest BCUT2D eigenvalue weighted by molar-refractivity contribution is 5.31. The van der Waals surface area contributed by atoms with E-state index in [0.29, 0.717) is 19.3 Å². The Balaban J connectivity index is 1.10. The van der Waals surface area contributed by atoms with Crippen molar-refractivity contribution in [2.45, 2.75) is 223 Å². The second-order valence-corrected chi connectivity index (χ2v) is 23.1. The smallest absolute Gasteiger partial charge is 0.187 e. The first-order valence-electron chi connectivity index (χ1n) is 24.5. The van der Waals surface area contributed by atoms with Crippen LogP contribution in [0.3, 0.4) is 0 Å². The second kappa shape index (κ2) is 19.8. The number of allylic oxidation sites excluding steroid dienone is 1. The van der Waals surface area contributed by atoms with Crippen LogP contribution in [-0.2, 0) is 28.4 Å². The summed E-state index contributed by atoms with van der Waals surface area (Å²) in [6, 6.07) is 0. The van der Waals surface area contributed by atoms with Gasteiger partial charge in [-0.2, -0.15) is 0 Å². The molecule has 0 amide bonds. The van der Waals surface area contributed by atoms with Gasteiger partial charge >= 0.3 is 0 Å². The quantitative estimate of drug-likeness (QED) is 0.0924. The van der Waals surface area contributed by atoms with E-state index in [1.807, 2.05) is 0 Å². The van der Waals surface area contributed by atoms with E-state index in [4.69, 9.17) is 28.4 Å². The van der Waals surface area contributed by atoms with Crippen molar-refractivity contribution in [3.8, 4) is 0 Å². The molecule has 0 aromatic rings. The van der Waals surface area contributed by atoms with Crippen molar-refractivity contribution >= 4 is 0 Å². The van der Waals surface area contributed by atoms with E-state index >= 15 is 0 Å². The molecule has 1 unspecified atom stereocenters. The maximum absolute atomic E-state index is 12.4. The Labute approximate surface area is 393 Å². The molecule has 0 aromatic carbocycles. The number of ether oxygens (including phenoxy) is 6. The van der Waals surface area contributed by atoms with Gasteiger partial charge in [-0.3, -0.25) is 0 Å². The van der Waals surface area contributed by atoms with Crippen molar-refractivity contribution < 1.29 is 94.8 Å². The van der Waals surface area contributed by atoms with Crippen LogP contribution in [0.1, 0.15) is 107 Å². The van der Waals surface area contributed by atoms with Crippen LogP contribution in [0, 0.1) is 45.3 Å². The molecule has 0 aromatic heterocycles. The number of aliphatic hydroxyl groups excluding tert-OH is 12. The normalized spacial score (nSPS) is 51.0. The fourth-order valence-corrected chi connectivity index (χ4v) is 14.1. The topological polar surface area (TPSA) is 318 Å². The number of hydrogen-bond acceptors (Lipinski definition) is 19. The lowest BCUT2D eigenvalue weighted by Gasteiger charge is -2.67. The Hall–Kier alpha value is -1.02. The molecule has 25 atom stereocenters. The average Bonchev–Trinajstić information content (AvgIpc) is 3.54. The summed E-state index contributed by atoms with van der Waals surface area (Å²) in [7, 11) is 0. The predicted molar refractivity (Wildman–Crippen MR) is 235 cm³/mol. The maximum Gasteiger partial charge on any atom is 0.187 e. The molecule has 3 saturated carbocycles. The largest absolute Gasteiger partial charge is 0.394 e. The molecule has 7 rings (SSSR count). The van der Waals surface area contributed by atoms with E-state index in [1.54, 1.807) is 13.8 Å². The van der Waals surface area contributed by atoms with Crippen molar-refractivity contribution in [2.24, 2.45) is 45.3 Å². The molecule has 0 spiro atoms. The number of rotatable bonds is 14. The van der Waals surface area contributed by atoms with Gasteiger partial charge in [0.25, 0.3) is 0 Å². The Morgan fingerprint density at radius 1 is 0.672 bits per heavy atom. The van der Waals surface area contributed by atoms with E-state index in [9.17, 15) is 66.4 Å². The van der Waals surface area contributed by atoms with Gasteiger partial charge in [0.15, 0.2) is 18.9 Å². The zero-order valence-corrected chi connectivity index (χ0v) is 40.3. The van der Waals surface area contributed by atoms with Crippen molar-refractivity contribution in [3.63, 3.8) is 0 Å². The summed E-state index contributed by atoms with van der Waals surface area (Å²) in [4.78, 5) is 0. The molecule has 13 N–H and O–H groups in total. The monoisotopic (exact) mass is 963 g/mol. The molecule has 19 heteroatoms. The van der Waals surface area contributed by atoms with Gasteiger partial charge < -0.3 is 94.8 Å². The summed E-state index contributed by atoms with van der Waals surface area (Å²) in [6.07, 6.45) is -19.2. The fraction of sp³-hybridized carbons (Fsp3) is 0.958. The SMILES string of the molecule is C[C@H](CC[C@@H](O[C@@H]1O[C@H](COC2O[C@H](CO)[C@@H](O)[C@H](O)[C@H]2O)[C@@H](O)[C@H](O)[C@H]1O[C@@H]1O[C@H](CO)[C@@H](O)[C@H](O)[C@H]1O)C(C)(C)O)[C@H]1CC[C@@]2(C)[C@@H]3CC=C4[C@@H](CC[C@H](O)C4(C)C)[C@]3(C)[C@H](O)C[C@]12C. The Kier molecular flexibility index (Phi) is 15.9. The third kappa shape index (κ3) is 9.24. The first-order chi connectivity index (χ1) is 31.2. The van der Waals surface area contributed by atoms with Gasteiger partial charge in [0, 0.05) is 10.8 Å². The summed E-state index contributed by atoms with van der Waals surface area (Å²) >= 11 is 0. The molecule has 0 bridgehead atoms. The minimum Gasteiger partial charge on any atom is -0.394 e. The Morgan fingerprint density at radius 3 is 1.84 bits per heavy atom. The molecule has 0 radical (unpaired) electrons. The number of fused-ring (bicyclic) bond motifs is 5. The van der Waals surface area contributed by atoms with E-state index in [1.165, 1.54) is 5.57 Å². The Morgan fingerprint density at radius 2 is 1.24 bits per heavy atom. The molecule has 6 fully saturated rings. The van der Waals surface area contributed by atoms with Crippen LogP contribution in [0.15, 0.2) is 11.6 Å². The predicted octanol–water partition coefficient (Wildman–Crippen LogP) is -1.06. The fourth-order valence-electron chi connectivity index (χ4n) is 14.1. The van der Waals surface area contributed by atoms with Gasteiger partial charge in [0.1, 0.15) is 73.2 Å². The highest BCUT2D eigenvalue weighted by Gasteiger charge is 2.70. The molecular formula is C48H82O19. The average molecular weight is 963 g/mol. The van der Waals surface area contributed by atoms with Crippen LogP contribution in [0.5, 0.6) is 0 Å². The first-order valence-corrected chi connectivity index (χ1v) is 24.5.